The number of hydrogen-bond acceptors (Lipinski definition) is 6. The number of aromatic nitrogens is 4. The molecular formula is C13H16N6O3S. The summed E-state index contributed by atoms with van der Waals surface area (Å²) in [6.07, 6.45) is 0. The second-order valence-corrected chi connectivity index (χ2v) is 7.16. The molecule has 1 saturated heterocycles. The lowest BCUT2D eigenvalue weighted by molar-refractivity contribution is -0.122. The lowest BCUT2D eigenvalue weighted by Gasteiger charge is -2.25. The Morgan fingerprint density at radius 2 is 2.00 bits per heavy atom. The molecule has 1 amide bonds. The molecule has 2 aromatic rings. The van der Waals surface area contributed by atoms with Crippen LogP contribution in [0, 0.1) is 0 Å². The number of tetrazole rings is 1. The summed E-state index contributed by atoms with van der Waals surface area (Å²) < 4.78 is 25.7. The molecule has 0 atom stereocenters. The van der Waals surface area contributed by atoms with E-state index in [1.807, 2.05) is 30.3 Å². The van der Waals surface area contributed by atoms with Crippen LogP contribution < -0.4 is 5.32 Å². The molecule has 1 N–H and O–H groups in total. The molecule has 0 bridgehead atoms. The van der Waals surface area contributed by atoms with Gasteiger partial charge in [-0.3, -0.25) is 4.79 Å². The van der Waals surface area contributed by atoms with Gasteiger partial charge in [0.25, 0.3) is 0 Å². The SMILES string of the molecule is O=C1CN(S(=O)(=O)CCn2nnc(-c3ccccc3)n2)CCN1. The van der Waals surface area contributed by atoms with Crippen LogP contribution in [0.15, 0.2) is 30.3 Å². The molecule has 1 fully saturated rings. The minimum Gasteiger partial charge on any atom is -0.354 e. The maximum atomic E-state index is 12.2. The van der Waals surface area contributed by atoms with Gasteiger partial charge in [0, 0.05) is 18.7 Å². The number of nitrogens with zero attached hydrogens (tertiary/aromatic N) is 5. The number of sulfonamides is 1. The highest BCUT2D eigenvalue weighted by Crippen LogP contribution is 2.12. The van der Waals surface area contributed by atoms with E-state index in [2.05, 4.69) is 20.7 Å². The summed E-state index contributed by atoms with van der Waals surface area (Å²) in [4.78, 5) is 12.6. The summed E-state index contributed by atoms with van der Waals surface area (Å²) >= 11 is 0. The van der Waals surface area contributed by atoms with Crippen molar-refractivity contribution >= 4 is 15.9 Å². The fraction of sp³-hybridized carbons (Fsp3) is 0.385. The van der Waals surface area contributed by atoms with Crippen LogP contribution in [0.5, 0.6) is 0 Å². The highest BCUT2D eigenvalue weighted by molar-refractivity contribution is 7.89. The van der Waals surface area contributed by atoms with E-state index in [1.165, 1.54) is 9.10 Å². The zero-order chi connectivity index (χ0) is 16.3. The maximum absolute atomic E-state index is 12.2. The van der Waals surface area contributed by atoms with Gasteiger partial charge in [-0.15, -0.1) is 10.2 Å². The maximum Gasteiger partial charge on any atom is 0.235 e. The van der Waals surface area contributed by atoms with Crippen molar-refractivity contribution in [1.29, 1.82) is 0 Å². The van der Waals surface area contributed by atoms with Crippen molar-refractivity contribution in [2.45, 2.75) is 6.54 Å². The van der Waals surface area contributed by atoms with E-state index in [-0.39, 0.29) is 31.3 Å². The molecule has 3 rings (SSSR count). The van der Waals surface area contributed by atoms with Crippen molar-refractivity contribution in [2.75, 3.05) is 25.4 Å². The van der Waals surface area contributed by atoms with E-state index in [4.69, 9.17) is 0 Å². The van der Waals surface area contributed by atoms with E-state index in [9.17, 15) is 13.2 Å². The highest BCUT2D eigenvalue weighted by Gasteiger charge is 2.27. The van der Waals surface area contributed by atoms with Crippen molar-refractivity contribution < 1.29 is 13.2 Å². The molecule has 122 valence electrons. The smallest absolute Gasteiger partial charge is 0.235 e. The Balaban J connectivity index is 1.64. The molecule has 0 unspecified atom stereocenters. The Kier molecular flexibility index (Phi) is 4.35. The zero-order valence-corrected chi connectivity index (χ0v) is 13.1. The Hall–Kier alpha value is -2.33. The number of amides is 1. The van der Waals surface area contributed by atoms with E-state index >= 15 is 0 Å². The number of carbonyl (C=O) groups is 1. The van der Waals surface area contributed by atoms with E-state index in [1.54, 1.807) is 0 Å². The molecule has 1 aromatic heterocycles. The summed E-state index contributed by atoms with van der Waals surface area (Å²) in [5, 5.41) is 14.6. The highest BCUT2D eigenvalue weighted by atomic mass is 32.2. The van der Waals surface area contributed by atoms with E-state index < -0.39 is 10.0 Å². The molecule has 2 heterocycles. The first-order valence-electron chi connectivity index (χ1n) is 7.12. The Morgan fingerprint density at radius 3 is 2.74 bits per heavy atom. The Morgan fingerprint density at radius 1 is 1.22 bits per heavy atom. The summed E-state index contributed by atoms with van der Waals surface area (Å²) in [6, 6.07) is 9.31. The first-order valence-corrected chi connectivity index (χ1v) is 8.73. The van der Waals surface area contributed by atoms with Gasteiger partial charge in [-0.1, -0.05) is 30.3 Å². The average Bonchev–Trinajstić information content (AvgIpc) is 3.03. The van der Waals surface area contributed by atoms with Crippen LogP contribution in [-0.2, 0) is 21.4 Å². The monoisotopic (exact) mass is 336 g/mol. The predicted molar refractivity (Wildman–Crippen MR) is 81.6 cm³/mol. The fourth-order valence-corrected chi connectivity index (χ4v) is 3.56. The zero-order valence-electron chi connectivity index (χ0n) is 12.3. The van der Waals surface area contributed by atoms with Gasteiger partial charge in [0.15, 0.2) is 0 Å². The van der Waals surface area contributed by atoms with Gasteiger partial charge >= 0.3 is 0 Å². The molecule has 23 heavy (non-hydrogen) atoms. The number of benzene rings is 1. The number of hydrogen-bond donors (Lipinski definition) is 1. The third-order valence-electron chi connectivity index (χ3n) is 3.43. The largest absolute Gasteiger partial charge is 0.354 e. The average molecular weight is 336 g/mol. The summed E-state index contributed by atoms with van der Waals surface area (Å²) in [6.45, 7) is 0.564. The first-order chi connectivity index (χ1) is 11.0. The van der Waals surface area contributed by atoms with Crippen LogP contribution in [0.1, 0.15) is 0 Å². The van der Waals surface area contributed by atoms with Crippen LogP contribution in [0.25, 0.3) is 11.4 Å². The summed E-state index contributed by atoms with van der Waals surface area (Å²) in [5.41, 5.74) is 0.814. The normalized spacial score (nSPS) is 16.3. The minimum atomic E-state index is -3.53. The topological polar surface area (TPSA) is 110 Å². The standard InChI is InChI=1S/C13H16N6O3S/c20-12-10-18(7-6-14-12)23(21,22)9-8-19-16-13(15-17-19)11-4-2-1-3-5-11/h1-5H,6-10H2,(H,14,20). The Bertz CT molecular complexity index is 789. The van der Waals surface area contributed by atoms with Gasteiger partial charge in [-0.2, -0.15) is 9.10 Å². The van der Waals surface area contributed by atoms with E-state index in [0.29, 0.717) is 12.4 Å². The lowest BCUT2D eigenvalue weighted by Crippen LogP contribution is -2.50. The molecule has 0 radical (unpaired) electrons. The lowest BCUT2D eigenvalue weighted by atomic mass is 10.2. The molecule has 0 saturated carbocycles. The molecule has 1 aliphatic heterocycles. The molecule has 1 aliphatic rings. The van der Waals surface area contributed by atoms with E-state index in [0.717, 1.165) is 5.56 Å². The molecule has 10 heteroatoms. The predicted octanol–water partition coefficient (Wildman–Crippen LogP) is -0.898. The second kappa shape index (κ2) is 6.42. The number of nitrogens with one attached hydrogen (secondary N) is 1. The van der Waals surface area contributed by atoms with Gasteiger partial charge < -0.3 is 5.32 Å². The van der Waals surface area contributed by atoms with Crippen LogP contribution >= 0.6 is 0 Å². The van der Waals surface area contributed by atoms with Gasteiger partial charge in [0.05, 0.1) is 18.8 Å². The van der Waals surface area contributed by atoms with Crippen molar-refractivity contribution in [3.8, 4) is 11.4 Å². The third-order valence-corrected chi connectivity index (χ3v) is 5.23. The quantitative estimate of drug-likeness (QED) is 0.758. The second-order valence-electron chi connectivity index (χ2n) is 5.07. The summed E-state index contributed by atoms with van der Waals surface area (Å²) in [7, 11) is -3.53. The number of carbonyl (C=O) groups excluding carboxylic acids is 1. The number of piperazine rings is 1. The number of aryl methyl sites for hydroxylation is 1. The molecule has 0 spiro atoms. The fourth-order valence-electron chi connectivity index (χ4n) is 2.22. The van der Waals surface area contributed by atoms with Crippen LogP contribution in [-0.4, -0.2) is 64.2 Å². The van der Waals surface area contributed by atoms with Crippen molar-refractivity contribution in [3.63, 3.8) is 0 Å². The third kappa shape index (κ3) is 3.71. The molecular weight excluding hydrogens is 320 g/mol. The molecule has 0 aliphatic carbocycles. The minimum absolute atomic E-state index is 0.0836. The first kappa shape index (κ1) is 15.6. The molecule has 9 nitrogen and oxygen atoms in total. The van der Waals surface area contributed by atoms with Gasteiger partial charge in [0.1, 0.15) is 0 Å². The van der Waals surface area contributed by atoms with Crippen molar-refractivity contribution in [1.82, 2.24) is 29.8 Å². The van der Waals surface area contributed by atoms with Crippen LogP contribution in [0.4, 0.5) is 0 Å². The van der Waals surface area contributed by atoms with Crippen LogP contribution in [0.3, 0.4) is 0 Å². The molecule has 1 aromatic carbocycles. The summed E-state index contributed by atoms with van der Waals surface area (Å²) in [5.74, 6) is -0.0179. The van der Waals surface area contributed by atoms with Gasteiger partial charge in [-0.05, 0) is 5.21 Å². The van der Waals surface area contributed by atoms with Crippen LogP contribution in [0.2, 0.25) is 0 Å². The van der Waals surface area contributed by atoms with Crippen molar-refractivity contribution in [2.24, 2.45) is 0 Å². The van der Waals surface area contributed by atoms with Crippen molar-refractivity contribution in [3.05, 3.63) is 30.3 Å². The number of rotatable bonds is 5. The van der Waals surface area contributed by atoms with Gasteiger partial charge in [0.2, 0.25) is 21.8 Å². The van der Waals surface area contributed by atoms with Gasteiger partial charge in [-0.25, -0.2) is 8.42 Å². The Labute approximate surface area is 133 Å².